The summed E-state index contributed by atoms with van der Waals surface area (Å²) in [5, 5.41) is 3.49. The first-order valence-corrected chi connectivity index (χ1v) is 6.44. The predicted octanol–water partition coefficient (Wildman–Crippen LogP) is 2.70. The Kier molecular flexibility index (Phi) is 3.07. The smallest absolute Gasteiger partial charge is 0.159 e. The van der Waals surface area contributed by atoms with E-state index in [1.807, 2.05) is 37.3 Å². The van der Waals surface area contributed by atoms with Crippen molar-refractivity contribution in [3.8, 4) is 11.4 Å². The monoisotopic (exact) mass is 239 g/mol. The second kappa shape index (κ2) is 4.86. The SMILES string of the molecule is Cc1cc(CNC2CC2)nc(-c2ccccc2)n1. The van der Waals surface area contributed by atoms with Crippen LogP contribution in [0.15, 0.2) is 36.4 Å². The number of rotatable bonds is 4. The van der Waals surface area contributed by atoms with E-state index in [0.29, 0.717) is 6.04 Å². The van der Waals surface area contributed by atoms with Gasteiger partial charge >= 0.3 is 0 Å². The van der Waals surface area contributed by atoms with E-state index in [1.165, 1.54) is 12.8 Å². The largest absolute Gasteiger partial charge is 0.308 e. The van der Waals surface area contributed by atoms with Crippen LogP contribution in [0.25, 0.3) is 11.4 Å². The Bertz CT molecular complexity index is 533. The zero-order valence-electron chi connectivity index (χ0n) is 10.6. The van der Waals surface area contributed by atoms with Gasteiger partial charge in [0.1, 0.15) is 0 Å². The molecule has 0 aliphatic heterocycles. The lowest BCUT2D eigenvalue weighted by Crippen LogP contribution is -2.16. The van der Waals surface area contributed by atoms with Crippen molar-refractivity contribution < 1.29 is 0 Å². The van der Waals surface area contributed by atoms with Crippen molar-refractivity contribution in [3.05, 3.63) is 47.8 Å². The molecule has 2 aromatic rings. The summed E-state index contributed by atoms with van der Waals surface area (Å²) < 4.78 is 0. The molecule has 3 heteroatoms. The van der Waals surface area contributed by atoms with E-state index in [0.717, 1.165) is 29.3 Å². The topological polar surface area (TPSA) is 37.8 Å². The van der Waals surface area contributed by atoms with Crippen LogP contribution in [0.2, 0.25) is 0 Å². The summed E-state index contributed by atoms with van der Waals surface area (Å²) in [7, 11) is 0. The van der Waals surface area contributed by atoms with Crippen LogP contribution in [0, 0.1) is 6.92 Å². The molecule has 0 unspecified atom stereocenters. The molecule has 1 N–H and O–H groups in total. The first-order valence-electron chi connectivity index (χ1n) is 6.44. The third-order valence-electron chi connectivity index (χ3n) is 3.09. The molecule has 1 heterocycles. The minimum atomic E-state index is 0.709. The molecule has 1 fully saturated rings. The number of hydrogen-bond donors (Lipinski definition) is 1. The fourth-order valence-corrected chi connectivity index (χ4v) is 1.98. The molecule has 92 valence electrons. The van der Waals surface area contributed by atoms with Crippen molar-refractivity contribution in [2.75, 3.05) is 0 Å². The second-order valence-corrected chi connectivity index (χ2v) is 4.85. The number of aryl methyl sites for hydroxylation is 1. The summed E-state index contributed by atoms with van der Waals surface area (Å²) in [4.78, 5) is 9.14. The molecular formula is C15H17N3. The molecule has 1 aromatic carbocycles. The molecule has 1 saturated carbocycles. The van der Waals surface area contributed by atoms with Crippen molar-refractivity contribution in [1.82, 2.24) is 15.3 Å². The van der Waals surface area contributed by atoms with E-state index in [2.05, 4.69) is 21.4 Å². The summed E-state index contributed by atoms with van der Waals surface area (Å²) in [5.74, 6) is 0.822. The van der Waals surface area contributed by atoms with Crippen LogP contribution in [0.1, 0.15) is 24.2 Å². The third-order valence-corrected chi connectivity index (χ3v) is 3.09. The van der Waals surface area contributed by atoms with Gasteiger partial charge in [0.05, 0.1) is 5.69 Å². The first kappa shape index (κ1) is 11.4. The maximum Gasteiger partial charge on any atom is 0.159 e. The Balaban J connectivity index is 1.85. The highest BCUT2D eigenvalue weighted by Gasteiger charge is 2.20. The highest BCUT2D eigenvalue weighted by molar-refractivity contribution is 5.54. The molecule has 0 spiro atoms. The lowest BCUT2D eigenvalue weighted by molar-refractivity contribution is 0.672. The average Bonchev–Trinajstić information content (AvgIpc) is 3.21. The van der Waals surface area contributed by atoms with Gasteiger partial charge < -0.3 is 5.32 Å². The Morgan fingerprint density at radius 2 is 1.94 bits per heavy atom. The Hall–Kier alpha value is -1.74. The number of nitrogens with zero attached hydrogens (tertiary/aromatic N) is 2. The lowest BCUT2D eigenvalue weighted by atomic mass is 10.2. The Morgan fingerprint density at radius 1 is 1.17 bits per heavy atom. The summed E-state index contributed by atoms with van der Waals surface area (Å²) >= 11 is 0. The Labute approximate surface area is 107 Å². The number of nitrogens with one attached hydrogen (secondary N) is 1. The summed E-state index contributed by atoms with van der Waals surface area (Å²) in [6, 6.07) is 12.9. The predicted molar refractivity (Wildman–Crippen MR) is 72.1 cm³/mol. The van der Waals surface area contributed by atoms with Gasteiger partial charge in [-0.3, -0.25) is 0 Å². The quantitative estimate of drug-likeness (QED) is 0.891. The summed E-state index contributed by atoms with van der Waals surface area (Å²) in [6.07, 6.45) is 2.60. The molecule has 0 atom stereocenters. The van der Waals surface area contributed by atoms with Crippen LogP contribution >= 0.6 is 0 Å². The van der Waals surface area contributed by atoms with Gasteiger partial charge in [-0.15, -0.1) is 0 Å². The van der Waals surface area contributed by atoms with E-state index in [1.54, 1.807) is 0 Å². The summed E-state index contributed by atoms with van der Waals surface area (Å²) in [5.41, 5.74) is 3.18. The van der Waals surface area contributed by atoms with Crippen LogP contribution < -0.4 is 5.32 Å². The molecule has 18 heavy (non-hydrogen) atoms. The average molecular weight is 239 g/mol. The van der Waals surface area contributed by atoms with Crippen LogP contribution in [0.5, 0.6) is 0 Å². The maximum absolute atomic E-state index is 4.63. The van der Waals surface area contributed by atoms with Gasteiger partial charge in [-0.05, 0) is 25.8 Å². The van der Waals surface area contributed by atoms with Gasteiger partial charge in [0.25, 0.3) is 0 Å². The molecule has 0 radical (unpaired) electrons. The van der Waals surface area contributed by atoms with E-state index in [9.17, 15) is 0 Å². The van der Waals surface area contributed by atoms with Gasteiger partial charge in [-0.25, -0.2) is 9.97 Å². The van der Waals surface area contributed by atoms with Crippen molar-refractivity contribution in [2.24, 2.45) is 0 Å². The maximum atomic E-state index is 4.63. The van der Waals surface area contributed by atoms with Crippen molar-refractivity contribution >= 4 is 0 Å². The molecule has 1 aliphatic carbocycles. The van der Waals surface area contributed by atoms with E-state index < -0.39 is 0 Å². The van der Waals surface area contributed by atoms with Crippen LogP contribution in [-0.2, 0) is 6.54 Å². The highest BCUT2D eigenvalue weighted by atomic mass is 15.0. The van der Waals surface area contributed by atoms with Gasteiger partial charge in [-0.2, -0.15) is 0 Å². The minimum Gasteiger partial charge on any atom is -0.308 e. The third kappa shape index (κ3) is 2.74. The number of benzene rings is 1. The highest BCUT2D eigenvalue weighted by Crippen LogP contribution is 2.20. The molecule has 3 rings (SSSR count). The normalized spacial score (nSPS) is 14.7. The zero-order chi connectivity index (χ0) is 12.4. The van der Waals surface area contributed by atoms with Crippen molar-refractivity contribution in [1.29, 1.82) is 0 Å². The van der Waals surface area contributed by atoms with Gasteiger partial charge in [0, 0.05) is 23.8 Å². The van der Waals surface area contributed by atoms with Crippen LogP contribution in [0.3, 0.4) is 0 Å². The van der Waals surface area contributed by atoms with Gasteiger partial charge in [0.15, 0.2) is 5.82 Å². The second-order valence-electron chi connectivity index (χ2n) is 4.85. The van der Waals surface area contributed by atoms with Crippen molar-refractivity contribution in [2.45, 2.75) is 32.4 Å². The zero-order valence-corrected chi connectivity index (χ0v) is 10.6. The molecule has 0 saturated heterocycles. The van der Waals surface area contributed by atoms with Crippen molar-refractivity contribution in [3.63, 3.8) is 0 Å². The summed E-state index contributed by atoms with van der Waals surface area (Å²) in [6.45, 7) is 2.86. The fraction of sp³-hybridized carbons (Fsp3) is 0.333. The molecule has 0 amide bonds. The van der Waals surface area contributed by atoms with Gasteiger partial charge in [0.2, 0.25) is 0 Å². The molecule has 1 aliphatic rings. The number of aromatic nitrogens is 2. The van der Waals surface area contributed by atoms with Gasteiger partial charge in [-0.1, -0.05) is 30.3 Å². The standard InChI is InChI=1S/C15H17N3/c1-11-9-14(10-16-13-7-8-13)18-15(17-11)12-5-3-2-4-6-12/h2-6,9,13,16H,7-8,10H2,1H3. The fourth-order valence-electron chi connectivity index (χ4n) is 1.98. The Morgan fingerprint density at radius 3 is 2.67 bits per heavy atom. The first-order chi connectivity index (χ1) is 8.81. The number of hydrogen-bond acceptors (Lipinski definition) is 3. The van der Waals surface area contributed by atoms with E-state index >= 15 is 0 Å². The molecule has 3 nitrogen and oxygen atoms in total. The lowest BCUT2D eigenvalue weighted by Gasteiger charge is -2.07. The molecular weight excluding hydrogens is 222 g/mol. The molecule has 1 aromatic heterocycles. The van der Waals surface area contributed by atoms with Crippen LogP contribution in [-0.4, -0.2) is 16.0 Å². The minimum absolute atomic E-state index is 0.709. The van der Waals surface area contributed by atoms with E-state index in [4.69, 9.17) is 0 Å². The van der Waals surface area contributed by atoms with Crippen LogP contribution in [0.4, 0.5) is 0 Å². The molecule has 0 bridgehead atoms. The van der Waals surface area contributed by atoms with E-state index in [-0.39, 0.29) is 0 Å².